The van der Waals surface area contributed by atoms with Crippen molar-refractivity contribution >= 4 is 5.69 Å². The maximum atomic E-state index is 11.7. The summed E-state index contributed by atoms with van der Waals surface area (Å²) < 4.78 is 11.7. The highest BCUT2D eigenvalue weighted by Crippen LogP contribution is 2.24. The van der Waals surface area contributed by atoms with E-state index in [1.807, 2.05) is 0 Å². The van der Waals surface area contributed by atoms with Gasteiger partial charge in [-0.25, -0.2) is 4.98 Å². The maximum Gasteiger partial charge on any atom is 0.293 e. The summed E-state index contributed by atoms with van der Waals surface area (Å²) in [5, 5.41) is 10.5. The fraction of sp³-hybridized carbons (Fsp3) is 0.286. The molecule has 0 saturated heterocycles. The zero-order chi connectivity index (χ0) is 10.0. The molecule has 0 saturated carbocycles. The molecule has 0 unspecified atom stereocenters. The highest BCUT2D eigenvalue weighted by molar-refractivity contribution is 5.45. The number of hydrogen-bond donors (Lipinski definition) is 0. The first kappa shape index (κ1) is 9.37. The van der Waals surface area contributed by atoms with Crippen LogP contribution in [0.25, 0.3) is 0 Å². The summed E-state index contributed by atoms with van der Waals surface area (Å²) in [6.45, 7) is 2.92. The molecule has 1 aromatic heterocycles. The van der Waals surface area contributed by atoms with Gasteiger partial charge in [0.1, 0.15) is 5.69 Å². The quantitative estimate of drug-likeness (QED) is 0.522. The zero-order valence-electron chi connectivity index (χ0n) is 7.07. The van der Waals surface area contributed by atoms with Crippen molar-refractivity contribution in [3.8, 4) is 5.88 Å². The van der Waals surface area contributed by atoms with Gasteiger partial charge in [0.05, 0.1) is 4.92 Å². The maximum absolute atomic E-state index is 11.7. The Bertz CT molecular complexity index is 331. The molecule has 0 bridgehead atoms. The molecule has 0 spiro atoms. The van der Waals surface area contributed by atoms with E-state index >= 15 is 0 Å². The third-order valence-corrected chi connectivity index (χ3v) is 1.60. The van der Waals surface area contributed by atoms with Crippen LogP contribution in [0.2, 0.25) is 0 Å². The van der Waals surface area contributed by atoms with Crippen LogP contribution in [0.5, 0.6) is 5.88 Å². The highest BCUT2D eigenvalue weighted by atomic mass is 19.3. The van der Waals surface area contributed by atoms with Gasteiger partial charge in [-0.05, 0) is 13.8 Å². The average Bonchev–Trinajstić information content (AvgIpc) is 2.02. The Morgan fingerprint density at radius 1 is 1.62 bits per heavy atom. The van der Waals surface area contributed by atoms with Gasteiger partial charge in [0.15, 0.2) is 0 Å². The van der Waals surface area contributed by atoms with Gasteiger partial charge in [0.25, 0.3) is 11.6 Å². The number of aryl methyl sites for hydroxylation is 2. The van der Waals surface area contributed by atoms with Gasteiger partial charge in [0, 0.05) is 16.2 Å². The minimum Gasteiger partial charge on any atom is -0.274 e. The number of nitrogens with zero attached hydrogens (tertiary/aromatic N) is 2. The van der Waals surface area contributed by atoms with Gasteiger partial charge in [-0.1, -0.05) is 0 Å². The van der Waals surface area contributed by atoms with Crippen molar-refractivity contribution in [3.05, 3.63) is 27.4 Å². The Hall–Kier alpha value is -1.72. The summed E-state index contributed by atoms with van der Waals surface area (Å²) in [6, 6.07) is 1.17. The van der Waals surface area contributed by atoms with Crippen LogP contribution in [0, 0.1) is 24.0 Å². The van der Waals surface area contributed by atoms with Crippen LogP contribution in [0.1, 0.15) is 11.3 Å². The van der Waals surface area contributed by atoms with Crippen molar-refractivity contribution in [1.29, 1.82) is 0 Å². The van der Waals surface area contributed by atoms with Crippen molar-refractivity contribution in [2.24, 2.45) is 0 Å². The highest BCUT2D eigenvalue weighted by Gasteiger charge is 2.17. The minimum atomic E-state index is -0.556. The second-order valence-electron chi connectivity index (χ2n) is 2.55. The summed E-state index contributed by atoms with van der Waals surface area (Å²) >= 11 is 0. The summed E-state index contributed by atoms with van der Waals surface area (Å²) in [5.74, 6) is -0.263. The Balaban J connectivity index is 3.31. The van der Waals surface area contributed by atoms with Crippen LogP contribution in [-0.4, -0.2) is 9.91 Å². The molecule has 0 aromatic carbocycles. The first-order valence-corrected chi connectivity index (χ1v) is 3.47. The van der Waals surface area contributed by atoms with Crippen molar-refractivity contribution < 1.29 is 14.4 Å². The van der Waals surface area contributed by atoms with Crippen molar-refractivity contribution in [2.45, 2.75) is 13.8 Å². The first-order chi connectivity index (χ1) is 6.06. The molecule has 0 aliphatic carbocycles. The minimum absolute atomic E-state index is 0.110. The van der Waals surface area contributed by atoms with E-state index in [-0.39, 0.29) is 17.3 Å². The molecule has 0 fully saturated rings. The van der Waals surface area contributed by atoms with E-state index in [1.54, 1.807) is 0 Å². The monoisotopic (exact) mass is 186 g/mol. The van der Waals surface area contributed by atoms with E-state index in [4.69, 9.17) is 0 Å². The van der Waals surface area contributed by atoms with E-state index in [2.05, 4.69) is 9.93 Å². The number of nitro groups is 1. The van der Waals surface area contributed by atoms with Crippen LogP contribution in [-0.2, 0) is 0 Å². The largest absolute Gasteiger partial charge is 0.293 e. The molecule has 1 aromatic rings. The van der Waals surface area contributed by atoms with Crippen molar-refractivity contribution in [1.82, 2.24) is 4.98 Å². The third kappa shape index (κ3) is 1.71. The van der Waals surface area contributed by atoms with E-state index in [0.717, 1.165) is 0 Å². The zero-order valence-corrected chi connectivity index (χ0v) is 7.07. The molecule has 5 nitrogen and oxygen atoms in total. The van der Waals surface area contributed by atoms with Gasteiger partial charge in [0.2, 0.25) is 0 Å². The Kier molecular flexibility index (Phi) is 2.41. The van der Waals surface area contributed by atoms with E-state index < -0.39 is 4.92 Å². The van der Waals surface area contributed by atoms with Gasteiger partial charge in [-0.15, -0.1) is 0 Å². The van der Waals surface area contributed by atoms with Crippen LogP contribution in [0.4, 0.5) is 10.2 Å². The average molecular weight is 186 g/mol. The Morgan fingerprint density at radius 2 is 2.23 bits per heavy atom. The summed E-state index contributed by atoms with van der Waals surface area (Å²) in [7, 11) is 0. The number of aromatic nitrogens is 1. The molecule has 0 aliphatic rings. The second-order valence-corrected chi connectivity index (χ2v) is 2.55. The standard InChI is InChI=1S/C7H7FN2O3/c1-4-3-6(13-8)9-5(2)7(4)10(11)12/h3H,1-2H3. The predicted molar refractivity (Wildman–Crippen MR) is 42.1 cm³/mol. The molecule has 0 amide bonds. The SMILES string of the molecule is Cc1cc(OF)nc(C)c1[N+](=O)[O-]. The number of rotatable bonds is 2. The number of pyridine rings is 1. The van der Waals surface area contributed by atoms with Crippen LogP contribution in [0.3, 0.4) is 0 Å². The van der Waals surface area contributed by atoms with E-state index in [1.165, 1.54) is 19.9 Å². The lowest BCUT2D eigenvalue weighted by Gasteiger charge is -2.00. The summed E-state index contributed by atoms with van der Waals surface area (Å²) in [5.41, 5.74) is 0.351. The lowest BCUT2D eigenvalue weighted by atomic mass is 10.2. The number of hydrogen-bond acceptors (Lipinski definition) is 4. The molecular formula is C7H7FN2O3. The van der Waals surface area contributed by atoms with Crippen LogP contribution < -0.4 is 4.94 Å². The Morgan fingerprint density at radius 3 is 2.62 bits per heavy atom. The van der Waals surface area contributed by atoms with Crippen LogP contribution >= 0.6 is 0 Å². The lowest BCUT2D eigenvalue weighted by molar-refractivity contribution is -0.386. The molecule has 1 heterocycles. The fourth-order valence-corrected chi connectivity index (χ4v) is 1.11. The van der Waals surface area contributed by atoms with E-state index in [0.29, 0.717) is 5.56 Å². The van der Waals surface area contributed by atoms with Crippen molar-refractivity contribution in [2.75, 3.05) is 0 Å². The smallest absolute Gasteiger partial charge is 0.274 e. The molecular weight excluding hydrogens is 179 g/mol. The molecule has 6 heteroatoms. The van der Waals surface area contributed by atoms with Gasteiger partial charge < -0.3 is 0 Å². The Labute approximate surface area is 73.2 Å². The van der Waals surface area contributed by atoms with Gasteiger partial charge >= 0.3 is 0 Å². The van der Waals surface area contributed by atoms with Crippen LogP contribution in [0.15, 0.2) is 6.07 Å². The molecule has 0 radical (unpaired) electrons. The van der Waals surface area contributed by atoms with Gasteiger partial charge in [-0.3, -0.25) is 15.1 Å². The summed E-state index contributed by atoms with van der Waals surface area (Å²) in [4.78, 5) is 16.8. The molecule has 13 heavy (non-hydrogen) atoms. The van der Waals surface area contributed by atoms with Crippen molar-refractivity contribution in [3.63, 3.8) is 0 Å². The van der Waals surface area contributed by atoms with Gasteiger partial charge in [-0.2, -0.15) is 0 Å². The topological polar surface area (TPSA) is 65.3 Å². The third-order valence-electron chi connectivity index (χ3n) is 1.60. The first-order valence-electron chi connectivity index (χ1n) is 3.47. The number of halogens is 1. The molecule has 70 valence electrons. The van der Waals surface area contributed by atoms with E-state index in [9.17, 15) is 14.6 Å². The lowest BCUT2D eigenvalue weighted by Crippen LogP contribution is -1.98. The normalized spacial score (nSPS) is 9.77. The predicted octanol–water partition coefficient (Wildman–Crippen LogP) is 1.87. The molecule has 0 N–H and O–H groups in total. The molecule has 0 aliphatic heterocycles. The second kappa shape index (κ2) is 3.34. The summed E-state index contributed by atoms with van der Waals surface area (Å²) in [6.07, 6.45) is 0. The molecule has 0 atom stereocenters. The molecule has 1 rings (SSSR count). The fourth-order valence-electron chi connectivity index (χ4n) is 1.11.